The van der Waals surface area contributed by atoms with Crippen LogP contribution in [-0.2, 0) is 6.42 Å². The molecule has 3 nitrogen and oxygen atoms in total. The molecule has 0 aliphatic rings. The quantitative estimate of drug-likeness (QED) is 0.621. The molecule has 1 aromatic heterocycles. The van der Waals surface area contributed by atoms with Gasteiger partial charge in [0.1, 0.15) is 5.82 Å². The molecular weight excluding hydrogens is 134 g/mol. The fraction of sp³-hybridized carbons (Fsp3) is 0.200. The van der Waals surface area contributed by atoms with Gasteiger partial charge in [-0.2, -0.15) is 4.37 Å². The largest absolute Gasteiger partial charge is 0.374 e. The molecule has 0 spiro atoms. The number of hydrogen-bond donors (Lipinski definition) is 1. The standard InChI is InChI=1S/C5H7N3S/c1-2-3-4-7-5(6)9-8-4/h2H,1,3H2,(H2,6,7,8). The van der Waals surface area contributed by atoms with E-state index in [1.165, 1.54) is 11.5 Å². The molecule has 0 bridgehead atoms. The molecule has 0 aliphatic heterocycles. The summed E-state index contributed by atoms with van der Waals surface area (Å²) >= 11 is 1.21. The van der Waals surface area contributed by atoms with E-state index in [4.69, 9.17) is 5.73 Å². The zero-order valence-corrected chi connectivity index (χ0v) is 5.69. The van der Waals surface area contributed by atoms with Crippen LogP contribution in [0.5, 0.6) is 0 Å². The van der Waals surface area contributed by atoms with E-state index in [-0.39, 0.29) is 0 Å². The van der Waals surface area contributed by atoms with Crippen molar-refractivity contribution in [3.63, 3.8) is 0 Å². The lowest BCUT2D eigenvalue weighted by Gasteiger charge is -1.79. The van der Waals surface area contributed by atoms with Gasteiger partial charge in [0.25, 0.3) is 0 Å². The summed E-state index contributed by atoms with van der Waals surface area (Å²) in [4.78, 5) is 3.91. The number of rotatable bonds is 2. The number of hydrogen-bond acceptors (Lipinski definition) is 4. The van der Waals surface area contributed by atoms with Crippen LogP contribution in [0, 0.1) is 0 Å². The Labute approximate surface area is 57.4 Å². The van der Waals surface area contributed by atoms with Crippen molar-refractivity contribution in [2.24, 2.45) is 0 Å². The molecular formula is C5H7N3S. The van der Waals surface area contributed by atoms with Crippen molar-refractivity contribution >= 4 is 16.7 Å². The maximum Gasteiger partial charge on any atom is 0.199 e. The van der Waals surface area contributed by atoms with E-state index < -0.39 is 0 Å². The smallest absolute Gasteiger partial charge is 0.199 e. The van der Waals surface area contributed by atoms with Gasteiger partial charge in [0.05, 0.1) is 0 Å². The summed E-state index contributed by atoms with van der Waals surface area (Å²) in [6, 6.07) is 0. The van der Waals surface area contributed by atoms with E-state index in [1.54, 1.807) is 6.08 Å². The van der Waals surface area contributed by atoms with Gasteiger partial charge in [-0.15, -0.1) is 6.58 Å². The zero-order valence-electron chi connectivity index (χ0n) is 4.87. The van der Waals surface area contributed by atoms with Gasteiger partial charge in [-0.1, -0.05) is 6.08 Å². The third-order valence-corrected chi connectivity index (χ3v) is 1.39. The Balaban J connectivity index is 2.72. The Kier molecular flexibility index (Phi) is 1.79. The van der Waals surface area contributed by atoms with Crippen LogP contribution >= 0.6 is 11.5 Å². The van der Waals surface area contributed by atoms with Crippen molar-refractivity contribution < 1.29 is 0 Å². The average Bonchev–Trinajstić information content (AvgIpc) is 2.17. The van der Waals surface area contributed by atoms with Gasteiger partial charge in [-0.25, -0.2) is 4.98 Å². The van der Waals surface area contributed by atoms with E-state index in [0.717, 1.165) is 5.82 Å². The van der Waals surface area contributed by atoms with Crippen LogP contribution in [-0.4, -0.2) is 9.36 Å². The molecule has 1 heterocycles. The molecule has 48 valence electrons. The fourth-order valence-corrected chi connectivity index (χ4v) is 0.940. The Morgan fingerprint density at radius 2 is 2.56 bits per heavy atom. The Morgan fingerprint density at radius 1 is 1.78 bits per heavy atom. The minimum atomic E-state index is 0.520. The second-order valence-corrected chi connectivity index (χ2v) is 2.33. The van der Waals surface area contributed by atoms with Crippen LogP contribution in [0.3, 0.4) is 0 Å². The molecule has 0 aliphatic carbocycles. The second-order valence-electron chi connectivity index (χ2n) is 1.54. The molecule has 0 atom stereocenters. The van der Waals surface area contributed by atoms with Crippen LogP contribution in [0.4, 0.5) is 5.13 Å². The molecule has 1 rings (SSSR count). The van der Waals surface area contributed by atoms with Crippen molar-refractivity contribution in [1.82, 2.24) is 9.36 Å². The summed E-state index contributed by atoms with van der Waals surface area (Å²) < 4.78 is 3.94. The predicted molar refractivity (Wildman–Crippen MR) is 38.2 cm³/mol. The Hall–Kier alpha value is -0.900. The Bertz CT molecular complexity index is 206. The minimum absolute atomic E-state index is 0.520. The third kappa shape index (κ3) is 1.50. The van der Waals surface area contributed by atoms with Gasteiger partial charge >= 0.3 is 0 Å². The second kappa shape index (κ2) is 2.59. The maximum atomic E-state index is 5.32. The zero-order chi connectivity index (χ0) is 6.69. The first-order valence-electron chi connectivity index (χ1n) is 2.52. The molecule has 4 heteroatoms. The van der Waals surface area contributed by atoms with E-state index in [9.17, 15) is 0 Å². The van der Waals surface area contributed by atoms with Crippen molar-refractivity contribution in [2.75, 3.05) is 5.73 Å². The summed E-state index contributed by atoms with van der Waals surface area (Å²) in [5.74, 6) is 0.757. The molecule has 0 fully saturated rings. The number of nitrogen functional groups attached to an aromatic ring is 1. The highest BCUT2D eigenvalue weighted by Gasteiger charge is 1.95. The summed E-state index contributed by atoms with van der Waals surface area (Å²) in [7, 11) is 0. The molecule has 0 amide bonds. The lowest BCUT2D eigenvalue weighted by Crippen LogP contribution is -1.85. The monoisotopic (exact) mass is 141 g/mol. The highest BCUT2D eigenvalue weighted by molar-refractivity contribution is 7.09. The van der Waals surface area contributed by atoms with Gasteiger partial charge in [0, 0.05) is 18.0 Å². The normalized spacial score (nSPS) is 9.33. The molecule has 0 radical (unpaired) electrons. The summed E-state index contributed by atoms with van der Waals surface area (Å²) in [6.45, 7) is 3.55. The number of nitrogens with two attached hydrogens (primary N) is 1. The first-order valence-corrected chi connectivity index (χ1v) is 3.29. The van der Waals surface area contributed by atoms with Gasteiger partial charge in [0.2, 0.25) is 0 Å². The van der Waals surface area contributed by atoms with Gasteiger partial charge in [-0.3, -0.25) is 0 Å². The lowest BCUT2D eigenvalue weighted by molar-refractivity contribution is 1.08. The highest BCUT2D eigenvalue weighted by Crippen LogP contribution is 2.05. The lowest BCUT2D eigenvalue weighted by atomic mass is 10.4. The molecule has 0 saturated heterocycles. The van der Waals surface area contributed by atoms with E-state index in [2.05, 4.69) is 15.9 Å². The number of aromatic nitrogens is 2. The van der Waals surface area contributed by atoms with Gasteiger partial charge in [-0.05, 0) is 0 Å². The summed E-state index contributed by atoms with van der Waals surface area (Å²) in [5, 5.41) is 0.520. The minimum Gasteiger partial charge on any atom is -0.374 e. The van der Waals surface area contributed by atoms with Crippen molar-refractivity contribution in [2.45, 2.75) is 6.42 Å². The maximum absolute atomic E-state index is 5.32. The van der Waals surface area contributed by atoms with Crippen LogP contribution in [0.15, 0.2) is 12.7 Å². The van der Waals surface area contributed by atoms with E-state index >= 15 is 0 Å². The van der Waals surface area contributed by atoms with Crippen LogP contribution in [0.1, 0.15) is 5.82 Å². The van der Waals surface area contributed by atoms with E-state index in [1.807, 2.05) is 0 Å². The van der Waals surface area contributed by atoms with E-state index in [0.29, 0.717) is 11.6 Å². The SMILES string of the molecule is C=CCc1nsc(N)n1. The molecule has 0 saturated carbocycles. The summed E-state index contributed by atoms with van der Waals surface area (Å²) in [5.41, 5.74) is 5.32. The average molecular weight is 141 g/mol. The number of nitrogens with zero attached hydrogens (tertiary/aromatic N) is 2. The van der Waals surface area contributed by atoms with Crippen molar-refractivity contribution in [3.05, 3.63) is 18.5 Å². The third-order valence-electron chi connectivity index (χ3n) is 0.811. The molecule has 1 aromatic rings. The molecule has 9 heavy (non-hydrogen) atoms. The molecule has 2 N–H and O–H groups in total. The predicted octanol–water partition coefficient (Wildman–Crippen LogP) is 0.849. The molecule has 0 unspecified atom stereocenters. The first-order chi connectivity index (χ1) is 4.33. The summed E-state index contributed by atoms with van der Waals surface area (Å²) in [6.07, 6.45) is 2.45. The fourth-order valence-electron chi connectivity index (χ4n) is 0.479. The topological polar surface area (TPSA) is 51.8 Å². The number of anilines is 1. The van der Waals surface area contributed by atoms with Gasteiger partial charge in [0.15, 0.2) is 5.13 Å². The van der Waals surface area contributed by atoms with Crippen molar-refractivity contribution in [1.29, 1.82) is 0 Å². The van der Waals surface area contributed by atoms with Crippen LogP contribution in [0.2, 0.25) is 0 Å². The van der Waals surface area contributed by atoms with Crippen LogP contribution in [0.25, 0.3) is 0 Å². The Morgan fingerprint density at radius 3 is 3.00 bits per heavy atom. The van der Waals surface area contributed by atoms with Crippen LogP contribution < -0.4 is 5.73 Å². The molecule has 0 aromatic carbocycles. The van der Waals surface area contributed by atoms with Crippen molar-refractivity contribution in [3.8, 4) is 0 Å². The highest BCUT2D eigenvalue weighted by atomic mass is 32.1. The first kappa shape index (κ1) is 6.22. The van der Waals surface area contributed by atoms with Gasteiger partial charge < -0.3 is 5.73 Å². The number of allylic oxidation sites excluding steroid dienone is 1.